The smallest absolute Gasteiger partial charge is 0.0564 e. The average molecular weight is 240 g/mol. The van der Waals surface area contributed by atoms with E-state index >= 15 is 0 Å². The highest BCUT2D eigenvalue weighted by Gasteiger charge is 2.23. The average Bonchev–Trinajstić information content (AvgIpc) is 3.17. The molecule has 2 aromatic rings. The van der Waals surface area contributed by atoms with Crippen molar-refractivity contribution < 1.29 is 0 Å². The van der Waals surface area contributed by atoms with E-state index in [9.17, 15) is 0 Å². The van der Waals surface area contributed by atoms with Crippen LogP contribution in [-0.4, -0.2) is 4.68 Å². The summed E-state index contributed by atoms with van der Waals surface area (Å²) in [5.41, 5.74) is 8.87. The summed E-state index contributed by atoms with van der Waals surface area (Å²) in [7, 11) is 0. The Hall–Kier alpha value is -1.70. The zero-order chi connectivity index (χ0) is 12.5. The van der Waals surface area contributed by atoms with E-state index in [1.807, 2.05) is 0 Å². The standard InChI is InChI=1S/C16H20N2/c1-12-6-7-13(2)18(12)17-11-14-4-3-5-16(10-14)15-8-9-15/h3-7,10,15,17H,8-9,11H2,1-2H3. The first-order valence-corrected chi connectivity index (χ1v) is 6.72. The molecule has 0 bridgehead atoms. The number of hydrogen-bond donors (Lipinski definition) is 1. The van der Waals surface area contributed by atoms with E-state index in [1.54, 1.807) is 0 Å². The molecule has 3 rings (SSSR count). The van der Waals surface area contributed by atoms with Gasteiger partial charge in [-0.25, -0.2) is 0 Å². The number of nitrogens with zero attached hydrogens (tertiary/aromatic N) is 1. The van der Waals surface area contributed by atoms with E-state index in [2.05, 4.69) is 60.3 Å². The van der Waals surface area contributed by atoms with E-state index < -0.39 is 0 Å². The van der Waals surface area contributed by atoms with Gasteiger partial charge in [-0.3, -0.25) is 4.68 Å². The molecule has 0 radical (unpaired) electrons. The molecule has 0 spiro atoms. The Morgan fingerprint density at radius 3 is 2.50 bits per heavy atom. The number of hydrogen-bond acceptors (Lipinski definition) is 1. The second kappa shape index (κ2) is 4.52. The third kappa shape index (κ3) is 2.28. The molecule has 1 saturated carbocycles. The second-order valence-corrected chi connectivity index (χ2v) is 5.31. The van der Waals surface area contributed by atoms with Crippen molar-refractivity contribution in [3.63, 3.8) is 0 Å². The highest BCUT2D eigenvalue weighted by atomic mass is 15.4. The minimum atomic E-state index is 0.833. The molecule has 2 heteroatoms. The van der Waals surface area contributed by atoms with Crippen molar-refractivity contribution in [2.24, 2.45) is 0 Å². The summed E-state index contributed by atoms with van der Waals surface area (Å²) in [6.45, 7) is 5.14. The molecule has 0 saturated heterocycles. The van der Waals surface area contributed by atoms with Crippen LogP contribution in [0.1, 0.15) is 41.3 Å². The summed E-state index contributed by atoms with van der Waals surface area (Å²) in [4.78, 5) is 0. The Balaban J connectivity index is 1.71. The zero-order valence-corrected chi connectivity index (χ0v) is 11.1. The van der Waals surface area contributed by atoms with Gasteiger partial charge in [0, 0.05) is 11.4 Å². The van der Waals surface area contributed by atoms with Gasteiger partial charge in [-0.1, -0.05) is 24.3 Å². The van der Waals surface area contributed by atoms with Gasteiger partial charge >= 0.3 is 0 Å². The van der Waals surface area contributed by atoms with Crippen LogP contribution in [0.4, 0.5) is 0 Å². The maximum Gasteiger partial charge on any atom is 0.0564 e. The van der Waals surface area contributed by atoms with Gasteiger partial charge in [0.2, 0.25) is 0 Å². The lowest BCUT2D eigenvalue weighted by Crippen LogP contribution is -2.16. The Bertz CT molecular complexity index is 530. The van der Waals surface area contributed by atoms with Crippen LogP contribution in [0.15, 0.2) is 36.4 Å². The number of aromatic nitrogens is 1. The predicted molar refractivity (Wildman–Crippen MR) is 75.4 cm³/mol. The monoisotopic (exact) mass is 240 g/mol. The second-order valence-electron chi connectivity index (χ2n) is 5.31. The van der Waals surface area contributed by atoms with Crippen molar-refractivity contribution in [3.05, 3.63) is 58.9 Å². The van der Waals surface area contributed by atoms with E-state index in [0.29, 0.717) is 0 Å². The maximum absolute atomic E-state index is 3.48. The van der Waals surface area contributed by atoms with Crippen molar-refractivity contribution >= 4 is 0 Å². The molecule has 1 fully saturated rings. The van der Waals surface area contributed by atoms with Gasteiger partial charge in [-0.05, 0) is 55.9 Å². The number of benzene rings is 1. The van der Waals surface area contributed by atoms with E-state index in [-0.39, 0.29) is 0 Å². The van der Waals surface area contributed by atoms with Gasteiger partial charge in [0.25, 0.3) is 0 Å². The topological polar surface area (TPSA) is 17.0 Å². The molecule has 2 nitrogen and oxygen atoms in total. The van der Waals surface area contributed by atoms with Crippen LogP contribution in [0, 0.1) is 13.8 Å². The minimum Gasteiger partial charge on any atom is -0.322 e. The van der Waals surface area contributed by atoms with Gasteiger partial charge in [-0.15, -0.1) is 0 Å². The molecule has 0 atom stereocenters. The van der Waals surface area contributed by atoms with Gasteiger partial charge < -0.3 is 5.43 Å². The molecule has 1 aliphatic rings. The Kier molecular flexibility index (Phi) is 2.86. The predicted octanol–water partition coefficient (Wildman–Crippen LogP) is 3.73. The third-order valence-electron chi connectivity index (χ3n) is 3.71. The van der Waals surface area contributed by atoms with Crippen LogP contribution in [0.3, 0.4) is 0 Å². The lowest BCUT2D eigenvalue weighted by Gasteiger charge is -2.13. The van der Waals surface area contributed by atoms with Crippen LogP contribution in [0.25, 0.3) is 0 Å². The summed E-state index contributed by atoms with van der Waals surface area (Å²) in [5, 5.41) is 0. The van der Waals surface area contributed by atoms with Crippen molar-refractivity contribution in [2.45, 2.75) is 39.2 Å². The van der Waals surface area contributed by atoms with Crippen LogP contribution in [0.2, 0.25) is 0 Å². The normalized spacial score (nSPS) is 14.8. The maximum atomic E-state index is 3.48. The largest absolute Gasteiger partial charge is 0.322 e. The summed E-state index contributed by atoms with van der Waals surface area (Å²) < 4.78 is 2.16. The molecule has 1 aliphatic carbocycles. The van der Waals surface area contributed by atoms with E-state index in [0.717, 1.165) is 12.5 Å². The van der Waals surface area contributed by atoms with Crippen LogP contribution < -0.4 is 5.43 Å². The Morgan fingerprint density at radius 1 is 1.11 bits per heavy atom. The van der Waals surface area contributed by atoms with Gasteiger partial charge in [0.1, 0.15) is 0 Å². The fourth-order valence-corrected chi connectivity index (χ4v) is 2.46. The van der Waals surface area contributed by atoms with E-state index in [4.69, 9.17) is 0 Å². The minimum absolute atomic E-state index is 0.833. The molecule has 1 N–H and O–H groups in total. The van der Waals surface area contributed by atoms with Crippen molar-refractivity contribution in [3.8, 4) is 0 Å². The fourth-order valence-electron chi connectivity index (χ4n) is 2.46. The summed E-state index contributed by atoms with van der Waals surface area (Å²) in [5.74, 6) is 0.833. The van der Waals surface area contributed by atoms with E-state index in [1.165, 1.54) is 35.4 Å². The molecular formula is C16H20N2. The fraction of sp³-hybridized carbons (Fsp3) is 0.375. The number of aryl methyl sites for hydroxylation is 2. The molecule has 1 heterocycles. The molecule has 1 aromatic carbocycles. The van der Waals surface area contributed by atoms with Crippen molar-refractivity contribution in [1.29, 1.82) is 0 Å². The number of rotatable bonds is 4. The highest BCUT2D eigenvalue weighted by molar-refractivity contribution is 5.30. The van der Waals surface area contributed by atoms with Gasteiger partial charge in [0.05, 0.1) is 6.54 Å². The summed E-state index contributed by atoms with van der Waals surface area (Å²) >= 11 is 0. The first kappa shape index (κ1) is 11.4. The molecule has 94 valence electrons. The quantitative estimate of drug-likeness (QED) is 0.861. The molecular weight excluding hydrogens is 220 g/mol. The summed E-state index contributed by atoms with van der Waals surface area (Å²) in [6.07, 6.45) is 2.74. The highest BCUT2D eigenvalue weighted by Crippen LogP contribution is 2.40. The Morgan fingerprint density at radius 2 is 1.83 bits per heavy atom. The lowest BCUT2D eigenvalue weighted by atomic mass is 10.1. The van der Waals surface area contributed by atoms with Crippen molar-refractivity contribution in [1.82, 2.24) is 4.68 Å². The molecule has 0 aliphatic heterocycles. The first-order chi connectivity index (χ1) is 8.74. The molecule has 0 amide bonds. The zero-order valence-electron chi connectivity index (χ0n) is 11.1. The van der Waals surface area contributed by atoms with Gasteiger partial charge in [0.15, 0.2) is 0 Å². The SMILES string of the molecule is Cc1ccc(C)n1NCc1cccc(C2CC2)c1. The molecule has 1 aromatic heterocycles. The molecule has 0 unspecified atom stereocenters. The van der Waals surface area contributed by atoms with Crippen LogP contribution in [0.5, 0.6) is 0 Å². The van der Waals surface area contributed by atoms with Crippen LogP contribution in [-0.2, 0) is 6.54 Å². The molecule has 18 heavy (non-hydrogen) atoms. The van der Waals surface area contributed by atoms with Crippen LogP contribution >= 0.6 is 0 Å². The third-order valence-corrected chi connectivity index (χ3v) is 3.71. The number of nitrogens with one attached hydrogen (secondary N) is 1. The summed E-state index contributed by atoms with van der Waals surface area (Å²) in [6, 6.07) is 13.3. The Labute approximate surface area is 109 Å². The van der Waals surface area contributed by atoms with Gasteiger partial charge in [-0.2, -0.15) is 0 Å². The lowest BCUT2D eigenvalue weighted by molar-refractivity contribution is 0.791. The first-order valence-electron chi connectivity index (χ1n) is 6.72. The van der Waals surface area contributed by atoms with Crippen molar-refractivity contribution in [2.75, 3.05) is 5.43 Å².